The standard InChI is InChI=1S/C21H25N3O4/c22-19(26)18(25)16(20(27)24-9-11-28-12-10-24)17-15-6-2-1-5-14(15)13-21(23-17)7-3-4-8-21/h1-2,5-6,25H,3-4,7-13H2,(H2,22,26)/b18-16+. The Bertz CT molecular complexity index is 862. The van der Waals surface area contributed by atoms with Crippen LogP contribution in [0.5, 0.6) is 0 Å². The van der Waals surface area contributed by atoms with Gasteiger partial charge in [0.1, 0.15) is 5.57 Å². The summed E-state index contributed by atoms with van der Waals surface area (Å²) in [5.41, 5.74) is 7.26. The number of aliphatic hydroxyl groups is 1. The molecular weight excluding hydrogens is 358 g/mol. The van der Waals surface area contributed by atoms with Crippen LogP contribution in [0.4, 0.5) is 0 Å². The first-order valence-corrected chi connectivity index (χ1v) is 9.79. The van der Waals surface area contributed by atoms with Gasteiger partial charge in [-0.3, -0.25) is 14.6 Å². The summed E-state index contributed by atoms with van der Waals surface area (Å²) >= 11 is 0. The van der Waals surface area contributed by atoms with E-state index in [0.29, 0.717) is 32.0 Å². The molecule has 1 saturated heterocycles. The van der Waals surface area contributed by atoms with E-state index in [1.807, 2.05) is 24.3 Å². The molecule has 3 N–H and O–H groups in total. The van der Waals surface area contributed by atoms with Crippen molar-refractivity contribution in [1.29, 1.82) is 0 Å². The molecule has 1 aliphatic carbocycles. The van der Waals surface area contributed by atoms with E-state index in [1.165, 1.54) is 0 Å². The Hall–Kier alpha value is -2.67. The van der Waals surface area contributed by atoms with Gasteiger partial charge in [-0.2, -0.15) is 0 Å². The molecule has 7 nitrogen and oxygen atoms in total. The van der Waals surface area contributed by atoms with E-state index >= 15 is 0 Å². The number of ether oxygens (including phenoxy) is 1. The Labute approximate surface area is 163 Å². The lowest BCUT2D eigenvalue weighted by atomic mass is 9.81. The number of aliphatic hydroxyl groups excluding tert-OH is 1. The average molecular weight is 383 g/mol. The minimum atomic E-state index is -1.03. The number of amides is 2. The van der Waals surface area contributed by atoms with Gasteiger partial charge in [0.25, 0.3) is 11.8 Å². The van der Waals surface area contributed by atoms with Crippen molar-refractivity contribution in [3.8, 4) is 0 Å². The largest absolute Gasteiger partial charge is 0.502 e. The highest BCUT2D eigenvalue weighted by Gasteiger charge is 2.41. The zero-order valence-electron chi connectivity index (χ0n) is 15.8. The summed E-state index contributed by atoms with van der Waals surface area (Å²) in [6.45, 7) is 1.63. The van der Waals surface area contributed by atoms with Crippen LogP contribution in [0.15, 0.2) is 40.6 Å². The molecule has 2 amide bonds. The highest BCUT2D eigenvalue weighted by Crippen LogP contribution is 2.41. The number of hydrogen-bond donors (Lipinski definition) is 2. The summed E-state index contributed by atoms with van der Waals surface area (Å²) in [4.78, 5) is 31.7. The molecule has 0 radical (unpaired) electrons. The van der Waals surface area contributed by atoms with Crippen LogP contribution in [0, 0.1) is 0 Å². The lowest BCUT2D eigenvalue weighted by Crippen LogP contribution is -2.44. The van der Waals surface area contributed by atoms with E-state index < -0.39 is 17.6 Å². The number of morpholine rings is 1. The summed E-state index contributed by atoms with van der Waals surface area (Å²) in [5.74, 6) is -2.17. The highest BCUT2D eigenvalue weighted by atomic mass is 16.5. The maximum atomic E-state index is 13.3. The fraction of sp³-hybridized carbons (Fsp3) is 0.476. The second kappa shape index (κ2) is 7.39. The van der Waals surface area contributed by atoms with Gasteiger partial charge in [0.2, 0.25) is 0 Å². The Morgan fingerprint density at radius 2 is 1.82 bits per heavy atom. The minimum Gasteiger partial charge on any atom is -0.502 e. The van der Waals surface area contributed by atoms with Crippen LogP contribution < -0.4 is 5.73 Å². The average Bonchev–Trinajstić information content (AvgIpc) is 3.15. The Kier molecular flexibility index (Phi) is 4.93. The van der Waals surface area contributed by atoms with Crippen molar-refractivity contribution in [3.05, 3.63) is 46.7 Å². The normalized spacial score (nSPS) is 21.7. The topological polar surface area (TPSA) is 105 Å². The summed E-state index contributed by atoms with van der Waals surface area (Å²) in [7, 11) is 0. The number of hydrogen-bond acceptors (Lipinski definition) is 5. The lowest BCUT2D eigenvalue weighted by molar-refractivity contribution is -0.131. The predicted molar refractivity (Wildman–Crippen MR) is 104 cm³/mol. The smallest absolute Gasteiger partial charge is 0.284 e. The number of carbonyl (C=O) groups is 2. The minimum absolute atomic E-state index is 0.0900. The van der Waals surface area contributed by atoms with E-state index in [1.54, 1.807) is 4.90 Å². The summed E-state index contributed by atoms with van der Waals surface area (Å²) in [6.07, 6.45) is 4.83. The van der Waals surface area contributed by atoms with Crippen molar-refractivity contribution >= 4 is 17.5 Å². The molecule has 1 spiro atoms. The number of fused-ring (bicyclic) bond motifs is 1. The molecule has 0 atom stereocenters. The number of benzene rings is 1. The zero-order valence-corrected chi connectivity index (χ0v) is 15.8. The fourth-order valence-corrected chi connectivity index (χ4v) is 4.47. The van der Waals surface area contributed by atoms with Gasteiger partial charge in [-0.25, -0.2) is 0 Å². The van der Waals surface area contributed by atoms with Crippen LogP contribution in [0.2, 0.25) is 0 Å². The molecule has 0 bridgehead atoms. The third-order valence-electron chi connectivity index (χ3n) is 5.89. The number of carbonyl (C=O) groups excluding carboxylic acids is 2. The van der Waals surface area contributed by atoms with Crippen LogP contribution in [0.3, 0.4) is 0 Å². The van der Waals surface area contributed by atoms with Crippen molar-refractivity contribution in [2.75, 3.05) is 26.3 Å². The second-order valence-electron chi connectivity index (χ2n) is 7.72. The van der Waals surface area contributed by atoms with Crippen molar-refractivity contribution in [2.45, 2.75) is 37.6 Å². The van der Waals surface area contributed by atoms with Crippen LogP contribution in [0.1, 0.15) is 36.8 Å². The Balaban J connectivity index is 1.86. The monoisotopic (exact) mass is 383 g/mol. The molecular formula is C21H25N3O4. The quantitative estimate of drug-likeness (QED) is 0.609. The third-order valence-corrected chi connectivity index (χ3v) is 5.89. The number of nitrogens with zero attached hydrogens (tertiary/aromatic N) is 2. The van der Waals surface area contributed by atoms with Gasteiger partial charge >= 0.3 is 0 Å². The van der Waals surface area contributed by atoms with Gasteiger partial charge in [-0.15, -0.1) is 0 Å². The molecule has 148 valence electrons. The molecule has 1 saturated carbocycles. The van der Waals surface area contributed by atoms with Crippen LogP contribution in [-0.4, -0.2) is 59.4 Å². The molecule has 28 heavy (non-hydrogen) atoms. The number of nitrogens with two attached hydrogens (primary N) is 1. The molecule has 0 aromatic heterocycles. The number of aliphatic imine (C=N–C) groups is 1. The second-order valence-corrected chi connectivity index (χ2v) is 7.72. The van der Waals surface area contributed by atoms with E-state index in [0.717, 1.165) is 43.2 Å². The maximum absolute atomic E-state index is 13.3. The molecule has 0 unspecified atom stereocenters. The van der Waals surface area contributed by atoms with Gasteiger partial charge in [0, 0.05) is 18.7 Å². The summed E-state index contributed by atoms with van der Waals surface area (Å²) in [5, 5.41) is 10.5. The van der Waals surface area contributed by atoms with Gasteiger partial charge in [-0.05, 0) is 24.8 Å². The summed E-state index contributed by atoms with van der Waals surface area (Å²) in [6, 6.07) is 7.75. The molecule has 1 aromatic carbocycles. The molecule has 2 heterocycles. The molecule has 2 fully saturated rings. The van der Waals surface area contributed by atoms with Gasteiger partial charge in [0.05, 0.1) is 24.5 Å². The molecule has 4 rings (SSSR count). The van der Waals surface area contributed by atoms with E-state index in [9.17, 15) is 14.7 Å². The SMILES string of the molecule is NC(=O)/C(O)=C(\C(=O)N1CCOCC1)C1=NC2(CCCC2)Cc2ccccc21. The van der Waals surface area contributed by atoms with Gasteiger partial charge < -0.3 is 20.5 Å². The third kappa shape index (κ3) is 3.30. The number of primary amides is 1. The Morgan fingerprint density at radius 3 is 2.50 bits per heavy atom. The lowest BCUT2D eigenvalue weighted by Gasteiger charge is -2.34. The van der Waals surface area contributed by atoms with Crippen molar-refractivity contribution in [2.24, 2.45) is 10.7 Å². The van der Waals surface area contributed by atoms with E-state index in [2.05, 4.69) is 0 Å². The Morgan fingerprint density at radius 1 is 1.14 bits per heavy atom. The molecule has 3 aliphatic rings. The first-order chi connectivity index (χ1) is 13.5. The highest BCUT2D eigenvalue weighted by molar-refractivity contribution is 6.31. The fourth-order valence-electron chi connectivity index (χ4n) is 4.47. The van der Waals surface area contributed by atoms with Crippen molar-refractivity contribution < 1.29 is 19.4 Å². The zero-order chi connectivity index (χ0) is 19.7. The van der Waals surface area contributed by atoms with Gasteiger partial charge in [-0.1, -0.05) is 37.1 Å². The molecule has 1 aromatic rings. The van der Waals surface area contributed by atoms with Gasteiger partial charge in [0.15, 0.2) is 5.76 Å². The van der Waals surface area contributed by atoms with Crippen LogP contribution >= 0.6 is 0 Å². The molecule has 7 heteroatoms. The first-order valence-electron chi connectivity index (χ1n) is 9.79. The number of rotatable bonds is 3. The summed E-state index contributed by atoms with van der Waals surface area (Å²) < 4.78 is 5.32. The van der Waals surface area contributed by atoms with Crippen LogP contribution in [-0.2, 0) is 20.7 Å². The van der Waals surface area contributed by atoms with E-state index in [4.69, 9.17) is 15.5 Å². The van der Waals surface area contributed by atoms with Crippen LogP contribution in [0.25, 0.3) is 0 Å². The molecule has 2 aliphatic heterocycles. The predicted octanol–water partition coefficient (Wildman–Crippen LogP) is 1.50. The first kappa shape index (κ1) is 18.7. The van der Waals surface area contributed by atoms with Crippen molar-refractivity contribution in [1.82, 2.24) is 4.90 Å². The maximum Gasteiger partial charge on any atom is 0.284 e. The van der Waals surface area contributed by atoms with E-state index in [-0.39, 0.29) is 11.1 Å². The van der Waals surface area contributed by atoms with Crippen molar-refractivity contribution in [3.63, 3.8) is 0 Å².